The van der Waals surface area contributed by atoms with E-state index in [-0.39, 0.29) is 23.8 Å². The molecule has 33 heavy (non-hydrogen) atoms. The number of rotatable bonds is 10. The lowest BCUT2D eigenvalue weighted by Crippen LogP contribution is -2.49. The highest BCUT2D eigenvalue weighted by molar-refractivity contribution is 7.89. The van der Waals surface area contributed by atoms with Gasteiger partial charge in [0.15, 0.2) is 0 Å². The number of sulfonamides is 1. The highest BCUT2D eigenvalue weighted by Gasteiger charge is 2.36. The van der Waals surface area contributed by atoms with Crippen molar-refractivity contribution in [3.63, 3.8) is 0 Å². The van der Waals surface area contributed by atoms with Crippen molar-refractivity contribution in [2.24, 2.45) is 5.92 Å². The normalized spacial score (nSPS) is 12.8. The average Bonchev–Trinajstić information content (AvgIpc) is 2.81. The summed E-state index contributed by atoms with van der Waals surface area (Å²) in [6, 6.07) is 12.7. The quantitative estimate of drug-likeness (QED) is 0.344. The fourth-order valence-corrected chi connectivity index (χ4v) is 5.29. The number of nitrogens with zero attached hydrogens (tertiary/aromatic N) is 2. The maximum Gasteiger partial charge on any atom is 0.261 e. The summed E-state index contributed by atoms with van der Waals surface area (Å²) in [4.78, 5) is 16.7. The van der Waals surface area contributed by atoms with Crippen LogP contribution in [0.25, 0.3) is 10.8 Å². The molecule has 8 nitrogen and oxygen atoms in total. The molecule has 0 saturated carbocycles. The number of nitrogens with one attached hydrogen (secondary N) is 1. The summed E-state index contributed by atoms with van der Waals surface area (Å²) in [5.74, 6) is -0.135. The molecular weight excluding hydrogens is 442 g/mol. The molecular formula is C24H29N3O5S. The monoisotopic (exact) mass is 471 g/mol. The fourth-order valence-electron chi connectivity index (χ4n) is 3.67. The van der Waals surface area contributed by atoms with Crippen molar-refractivity contribution in [2.75, 3.05) is 6.61 Å². The van der Waals surface area contributed by atoms with Crippen LogP contribution in [0.2, 0.25) is 0 Å². The van der Waals surface area contributed by atoms with E-state index in [0.29, 0.717) is 23.3 Å². The largest absolute Gasteiger partial charge is 0.494 e. The first-order chi connectivity index (χ1) is 15.8. The van der Waals surface area contributed by atoms with Gasteiger partial charge >= 0.3 is 0 Å². The molecule has 1 atom stereocenters. The van der Waals surface area contributed by atoms with E-state index in [2.05, 4.69) is 4.98 Å². The molecule has 1 aromatic heterocycles. The number of hydrogen-bond acceptors (Lipinski definition) is 6. The van der Waals surface area contributed by atoms with Gasteiger partial charge in [-0.3, -0.25) is 15.0 Å². The molecule has 2 aromatic carbocycles. The van der Waals surface area contributed by atoms with Gasteiger partial charge in [-0.05, 0) is 65.9 Å². The molecule has 3 rings (SSSR count). The smallest absolute Gasteiger partial charge is 0.261 e. The highest BCUT2D eigenvalue weighted by atomic mass is 32.2. The van der Waals surface area contributed by atoms with E-state index in [4.69, 9.17) is 4.74 Å². The Morgan fingerprint density at radius 3 is 2.55 bits per heavy atom. The number of aromatic nitrogens is 1. The third kappa shape index (κ3) is 5.87. The lowest BCUT2D eigenvalue weighted by Gasteiger charge is -2.30. The van der Waals surface area contributed by atoms with Crippen LogP contribution in [0, 0.1) is 5.92 Å². The van der Waals surface area contributed by atoms with Crippen molar-refractivity contribution >= 4 is 26.7 Å². The number of carbonyl (C=O) groups excluding carboxylic acids is 1. The van der Waals surface area contributed by atoms with E-state index in [1.54, 1.807) is 48.2 Å². The summed E-state index contributed by atoms with van der Waals surface area (Å²) in [6.07, 6.45) is 3.38. The minimum atomic E-state index is -4.12. The number of ether oxygens (including phenoxy) is 1. The van der Waals surface area contributed by atoms with Crippen LogP contribution in [-0.2, 0) is 21.4 Å². The zero-order valence-electron chi connectivity index (χ0n) is 18.9. The summed E-state index contributed by atoms with van der Waals surface area (Å²) < 4.78 is 34.4. The van der Waals surface area contributed by atoms with Crippen LogP contribution < -0.4 is 10.2 Å². The Bertz CT molecular complexity index is 1200. The molecule has 0 aliphatic carbocycles. The van der Waals surface area contributed by atoms with Crippen LogP contribution >= 0.6 is 0 Å². The van der Waals surface area contributed by atoms with E-state index >= 15 is 0 Å². The fraction of sp³-hybridized carbons (Fsp3) is 0.333. The Hall–Kier alpha value is -3.01. The zero-order valence-corrected chi connectivity index (χ0v) is 19.7. The van der Waals surface area contributed by atoms with E-state index in [1.165, 1.54) is 6.07 Å². The maximum atomic E-state index is 13.8. The van der Waals surface area contributed by atoms with Gasteiger partial charge in [0.2, 0.25) is 10.0 Å². The second-order valence-corrected chi connectivity index (χ2v) is 10.0. The average molecular weight is 472 g/mol. The van der Waals surface area contributed by atoms with Crippen molar-refractivity contribution in [1.82, 2.24) is 14.8 Å². The van der Waals surface area contributed by atoms with Crippen molar-refractivity contribution in [3.05, 3.63) is 66.5 Å². The topological polar surface area (TPSA) is 109 Å². The summed E-state index contributed by atoms with van der Waals surface area (Å²) in [5.41, 5.74) is 2.26. The van der Waals surface area contributed by atoms with Crippen molar-refractivity contribution in [3.8, 4) is 5.75 Å². The van der Waals surface area contributed by atoms with Gasteiger partial charge in [-0.25, -0.2) is 13.9 Å². The maximum absolute atomic E-state index is 13.8. The molecule has 176 valence electrons. The first kappa shape index (κ1) is 24.6. The Kier molecular flexibility index (Phi) is 8.01. The minimum Gasteiger partial charge on any atom is -0.494 e. The van der Waals surface area contributed by atoms with Crippen molar-refractivity contribution in [2.45, 2.75) is 44.7 Å². The Labute approximate surface area is 194 Å². The van der Waals surface area contributed by atoms with Gasteiger partial charge < -0.3 is 4.74 Å². The lowest BCUT2D eigenvalue weighted by atomic mass is 10.0. The number of pyridine rings is 1. The van der Waals surface area contributed by atoms with Crippen LogP contribution in [0.3, 0.4) is 0 Å². The predicted octanol–water partition coefficient (Wildman–Crippen LogP) is 3.74. The first-order valence-corrected chi connectivity index (χ1v) is 12.2. The molecule has 1 heterocycles. The van der Waals surface area contributed by atoms with Crippen LogP contribution in [0.1, 0.15) is 32.8 Å². The summed E-state index contributed by atoms with van der Waals surface area (Å²) in [5, 5.41) is 10.9. The van der Waals surface area contributed by atoms with E-state index in [0.717, 1.165) is 9.69 Å². The third-order valence-electron chi connectivity index (χ3n) is 5.22. The molecule has 0 fully saturated rings. The number of carbonyl (C=O) groups is 1. The number of hydroxylamine groups is 1. The molecule has 1 amide bonds. The van der Waals surface area contributed by atoms with Crippen LogP contribution in [0.4, 0.5) is 0 Å². The molecule has 0 bridgehead atoms. The van der Waals surface area contributed by atoms with Crippen molar-refractivity contribution in [1.29, 1.82) is 0 Å². The number of amides is 1. The first-order valence-electron chi connectivity index (χ1n) is 10.8. The van der Waals surface area contributed by atoms with Gasteiger partial charge in [-0.15, -0.1) is 0 Å². The van der Waals surface area contributed by atoms with Crippen molar-refractivity contribution < 1.29 is 23.2 Å². The number of fused-ring (bicyclic) bond motifs is 1. The number of hydrogen-bond donors (Lipinski definition) is 2. The molecule has 0 aliphatic rings. The summed E-state index contributed by atoms with van der Waals surface area (Å²) in [6.45, 7) is 6.08. The molecule has 0 aliphatic heterocycles. The zero-order chi connectivity index (χ0) is 24.0. The molecule has 2 N–H and O–H groups in total. The Morgan fingerprint density at radius 2 is 1.91 bits per heavy atom. The standard InChI is InChI=1S/C24H29N3O5S/c1-4-32-21-9-7-19-8-10-22(14-20(19)13-21)33(30,31)27(16-18-6-5-11-25-15-18)23(12-17(2)3)24(28)26-29/h5-11,13-15,17,23,29H,4,12,16H2,1-3H3,(H,26,28). The molecule has 9 heteroatoms. The van der Waals surface area contributed by atoms with Gasteiger partial charge in [0.1, 0.15) is 11.8 Å². The molecule has 0 radical (unpaired) electrons. The van der Waals surface area contributed by atoms with Gasteiger partial charge in [0.25, 0.3) is 5.91 Å². The predicted molar refractivity (Wildman–Crippen MR) is 125 cm³/mol. The van der Waals surface area contributed by atoms with Gasteiger partial charge in [-0.1, -0.05) is 32.0 Å². The summed E-state index contributed by atoms with van der Waals surface area (Å²) in [7, 11) is -4.12. The summed E-state index contributed by atoms with van der Waals surface area (Å²) >= 11 is 0. The second kappa shape index (κ2) is 10.7. The van der Waals surface area contributed by atoms with Gasteiger partial charge in [0.05, 0.1) is 11.5 Å². The molecule has 0 spiro atoms. The Morgan fingerprint density at radius 1 is 1.15 bits per heavy atom. The SMILES string of the molecule is CCOc1ccc2ccc(S(=O)(=O)N(Cc3cccnc3)C(CC(C)C)C(=O)NO)cc2c1. The van der Waals surface area contributed by atoms with E-state index in [9.17, 15) is 18.4 Å². The lowest BCUT2D eigenvalue weighted by molar-refractivity contribution is -0.133. The van der Waals surface area contributed by atoms with E-state index < -0.39 is 22.0 Å². The van der Waals surface area contributed by atoms with E-state index in [1.807, 2.05) is 32.9 Å². The minimum absolute atomic E-state index is 0.00394. The molecule has 1 unspecified atom stereocenters. The van der Waals surface area contributed by atoms with Gasteiger partial charge in [-0.2, -0.15) is 4.31 Å². The van der Waals surface area contributed by atoms with Crippen LogP contribution in [0.5, 0.6) is 5.75 Å². The molecule has 3 aromatic rings. The second-order valence-electron chi connectivity index (χ2n) is 8.14. The Balaban J connectivity index is 2.11. The van der Waals surface area contributed by atoms with Crippen LogP contribution in [-0.4, -0.2) is 41.5 Å². The van der Waals surface area contributed by atoms with Crippen LogP contribution in [0.15, 0.2) is 65.8 Å². The number of benzene rings is 2. The third-order valence-corrected chi connectivity index (χ3v) is 7.07. The highest BCUT2D eigenvalue weighted by Crippen LogP contribution is 2.28. The molecule has 0 saturated heterocycles. The van der Waals surface area contributed by atoms with Gasteiger partial charge in [0, 0.05) is 18.9 Å².